The Balaban J connectivity index is 1.52. The van der Waals surface area contributed by atoms with Crippen molar-refractivity contribution in [1.82, 2.24) is 15.5 Å². The molecule has 0 spiro atoms. The summed E-state index contributed by atoms with van der Waals surface area (Å²) >= 11 is 1.63. The molecule has 7 heteroatoms. The van der Waals surface area contributed by atoms with E-state index in [9.17, 15) is 4.39 Å². The van der Waals surface area contributed by atoms with E-state index in [0.29, 0.717) is 24.0 Å². The molecule has 0 amide bonds. The average molecular weight is 355 g/mol. The van der Waals surface area contributed by atoms with Gasteiger partial charge in [-0.1, -0.05) is 23.4 Å². The van der Waals surface area contributed by atoms with E-state index in [4.69, 9.17) is 8.94 Å². The molecule has 5 nitrogen and oxygen atoms in total. The molecule has 1 atom stereocenters. The topological polar surface area (TPSA) is 64.1 Å². The van der Waals surface area contributed by atoms with Crippen LogP contribution in [-0.4, -0.2) is 10.1 Å². The molecule has 0 saturated carbocycles. The Morgan fingerprint density at radius 1 is 1.12 bits per heavy atom. The van der Waals surface area contributed by atoms with Crippen LogP contribution in [0.1, 0.15) is 22.4 Å². The summed E-state index contributed by atoms with van der Waals surface area (Å²) in [4.78, 5) is 5.45. The molecule has 1 aromatic carbocycles. The fourth-order valence-corrected chi connectivity index (χ4v) is 3.34. The van der Waals surface area contributed by atoms with Gasteiger partial charge in [0, 0.05) is 4.88 Å². The molecule has 3 aromatic heterocycles. The molecular formula is C18H14FN3O2S. The normalized spacial score (nSPS) is 12.4. The predicted molar refractivity (Wildman–Crippen MR) is 91.4 cm³/mol. The first kappa shape index (κ1) is 15.7. The van der Waals surface area contributed by atoms with Crippen LogP contribution in [0.25, 0.3) is 11.6 Å². The van der Waals surface area contributed by atoms with Crippen molar-refractivity contribution >= 4 is 11.3 Å². The molecule has 0 fully saturated rings. The second kappa shape index (κ2) is 7.00. The van der Waals surface area contributed by atoms with E-state index in [2.05, 4.69) is 15.5 Å². The van der Waals surface area contributed by atoms with Gasteiger partial charge in [-0.3, -0.25) is 5.32 Å². The molecule has 0 aliphatic heterocycles. The van der Waals surface area contributed by atoms with Gasteiger partial charge in [-0.15, -0.1) is 11.3 Å². The highest BCUT2D eigenvalue weighted by Crippen LogP contribution is 2.26. The van der Waals surface area contributed by atoms with Crippen LogP contribution in [0.4, 0.5) is 4.39 Å². The first-order chi connectivity index (χ1) is 12.3. The van der Waals surface area contributed by atoms with Crippen molar-refractivity contribution in [2.24, 2.45) is 0 Å². The minimum Gasteiger partial charge on any atom is -0.461 e. The number of rotatable bonds is 6. The SMILES string of the molecule is Fc1ccc(C(NCc2nc(-c3ccco3)no2)c2cccs2)cc1. The molecule has 0 saturated heterocycles. The van der Waals surface area contributed by atoms with Crippen molar-refractivity contribution in [1.29, 1.82) is 0 Å². The number of thiophene rings is 1. The van der Waals surface area contributed by atoms with E-state index < -0.39 is 0 Å². The van der Waals surface area contributed by atoms with E-state index >= 15 is 0 Å². The minimum absolute atomic E-state index is 0.0837. The van der Waals surface area contributed by atoms with Gasteiger partial charge in [0.25, 0.3) is 0 Å². The quantitative estimate of drug-likeness (QED) is 0.555. The zero-order chi connectivity index (χ0) is 17.1. The molecule has 4 rings (SSSR count). The fourth-order valence-electron chi connectivity index (χ4n) is 2.52. The Morgan fingerprint density at radius 2 is 2.00 bits per heavy atom. The number of benzene rings is 1. The van der Waals surface area contributed by atoms with E-state index in [-0.39, 0.29) is 11.9 Å². The number of nitrogens with zero attached hydrogens (tertiary/aromatic N) is 2. The van der Waals surface area contributed by atoms with Crippen molar-refractivity contribution in [3.8, 4) is 11.6 Å². The van der Waals surface area contributed by atoms with Gasteiger partial charge in [-0.05, 0) is 41.3 Å². The lowest BCUT2D eigenvalue weighted by molar-refractivity contribution is 0.362. The van der Waals surface area contributed by atoms with Crippen molar-refractivity contribution in [2.75, 3.05) is 0 Å². The van der Waals surface area contributed by atoms with Crippen molar-refractivity contribution in [3.05, 3.63) is 82.3 Å². The van der Waals surface area contributed by atoms with Gasteiger partial charge < -0.3 is 8.94 Å². The summed E-state index contributed by atoms with van der Waals surface area (Å²) in [6, 6.07) is 13.9. The van der Waals surface area contributed by atoms with E-state index in [1.807, 2.05) is 17.5 Å². The molecule has 25 heavy (non-hydrogen) atoms. The maximum Gasteiger partial charge on any atom is 0.241 e. The molecule has 0 radical (unpaired) electrons. The van der Waals surface area contributed by atoms with Crippen LogP contribution in [0.3, 0.4) is 0 Å². The van der Waals surface area contributed by atoms with Crippen LogP contribution >= 0.6 is 11.3 Å². The number of hydrogen-bond donors (Lipinski definition) is 1. The average Bonchev–Trinajstić information content (AvgIpc) is 3.39. The highest BCUT2D eigenvalue weighted by Gasteiger charge is 2.17. The summed E-state index contributed by atoms with van der Waals surface area (Å²) < 4.78 is 23.8. The van der Waals surface area contributed by atoms with Crippen molar-refractivity contribution < 1.29 is 13.3 Å². The van der Waals surface area contributed by atoms with Gasteiger partial charge in [0.2, 0.25) is 11.7 Å². The second-order valence-corrected chi connectivity index (χ2v) is 6.35. The molecule has 1 unspecified atom stereocenters. The third-order valence-corrected chi connectivity index (χ3v) is 4.64. The Bertz CT molecular complexity index is 918. The minimum atomic E-state index is -0.256. The number of furan rings is 1. The van der Waals surface area contributed by atoms with Gasteiger partial charge in [0.15, 0.2) is 5.76 Å². The molecule has 3 heterocycles. The molecule has 0 aliphatic rings. The van der Waals surface area contributed by atoms with Crippen LogP contribution in [0.2, 0.25) is 0 Å². The van der Waals surface area contributed by atoms with Gasteiger partial charge in [0.1, 0.15) is 5.82 Å². The number of aromatic nitrogens is 2. The highest BCUT2D eigenvalue weighted by molar-refractivity contribution is 7.10. The Labute approximate surface area is 147 Å². The molecule has 4 aromatic rings. The highest BCUT2D eigenvalue weighted by atomic mass is 32.1. The molecule has 0 bridgehead atoms. The lowest BCUT2D eigenvalue weighted by atomic mass is 10.1. The molecule has 126 valence electrons. The van der Waals surface area contributed by atoms with E-state index in [1.165, 1.54) is 12.1 Å². The summed E-state index contributed by atoms with van der Waals surface area (Å²) in [5, 5.41) is 9.32. The zero-order valence-corrected chi connectivity index (χ0v) is 13.9. The van der Waals surface area contributed by atoms with Crippen molar-refractivity contribution in [2.45, 2.75) is 12.6 Å². The van der Waals surface area contributed by atoms with Gasteiger partial charge >= 0.3 is 0 Å². The summed E-state index contributed by atoms with van der Waals surface area (Å²) in [6.45, 7) is 0.383. The maximum atomic E-state index is 13.2. The third-order valence-electron chi connectivity index (χ3n) is 3.70. The number of nitrogens with one attached hydrogen (secondary N) is 1. The Morgan fingerprint density at radius 3 is 2.72 bits per heavy atom. The fraction of sp³-hybridized carbons (Fsp3) is 0.111. The van der Waals surface area contributed by atoms with Crippen LogP contribution in [-0.2, 0) is 6.54 Å². The number of halogens is 1. The first-order valence-corrected chi connectivity index (χ1v) is 8.56. The largest absolute Gasteiger partial charge is 0.461 e. The van der Waals surface area contributed by atoms with Gasteiger partial charge in [-0.25, -0.2) is 4.39 Å². The van der Waals surface area contributed by atoms with E-state index in [1.54, 1.807) is 41.9 Å². The summed E-state index contributed by atoms with van der Waals surface area (Å²) in [6.07, 6.45) is 1.56. The standard InChI is InChI=1S/C18H14FN3O2S/c19-13-7-5-12(6-8-13)17(15-4-2-10-25-15)20-11-16-21-18(22-24-16)14-3-1-9-23-14/h1-10,17,20H,11H2. The smallest absolute Gasteiger partial charge is 0.241 e. The monoisotopic (exact) mass is 355 g/mol. The lowest BCUT2D eigenvalue weighted by Gasteiger charge is -2.17. The molecular weight excluding hydrogens is 341 g/mol. The predicted octanol–water partition coefficient (Wildman–Crippen LogP) is 4.41. The lowest BCUT2D eigenvalue weighted by Crippen LogP contribution is -2.21. The van der Waals surface area contributed by atoms with Gasteiger partial charge in [-0.2, -0.15) is 4.98 Å². The van der Waals surface area contributed by atoms with Crippen LogP contribution in [0, 0.1) is 5.82 Å². The van der Waals surface area contributed by atoms with Gasteiger partial charge in [0.05, 0.1) is 18.8 Å². The second-order valence-electron chi connectivity index (χ2n) is 5.37. The zero-order valence-electron chi connectivity index (χ0n) is 13.1. The molecule has 1 N–H and O–H groups in total. The summed E-state index contributed by atoms with van der Waals surface area (Å²) in [5.74, 6) is 1.17. The van der Waals surface area contributed by atoms with Crippen LogP contribution in [0.15, 0.2) is 69.1 Å². The summed E-state index contributed by atoms with van der Waals surface area (Å²) in [7, 11) is 0. The summed E-state index contributed by atoms with van der Waals surface area (Å²) in [5.41, 5.74) is 0.967. The first-order valence-electron chi connectivity index (χ1n) is 7.68. The van der Waals surface area contributed by atoms with Crippen LogP contribution in [0.5, 0.6) is 0 Å². The number of hydrogen-bond acceptors (Lipinski definition) is 6. The van der Waals surface area contributed by atoms with Crippen molar-refractivity contribution in [3.63, 3.8) is 0 Å². The third kappa shape index (κ3) is 3.52. The Hall–Kier alpha value is -2.77. The maximum absolute atomic E-state index is 13.2. The Kier molecular flexibility index (Phi) is 4.41. The van der Waals surface area contributed by atoms with E-state index in [0.717, 1.165) is 10.4 Å². The van der Waals surface area contributed by atoms with Crippen LogP contribution < -0.4 is 5.32 Å². The molecule has 0 aliphatic carbocycles.